The molecule has 4 rings (SSSR count). The van der Waals surface area contributed by atoms with Gasteiger partial charge in [-0.2, -0.15) is 0 Å². The van der Waals surface area contributed by atoms with E-state index in [2.05, 4.69) is 34.3 Å². The number of hydrogen-bond donors (Lipinski definition) is 1. The average Bonchev–Trinajstić information content (AvgIpc) is 3.01. The Morgan fingerprint density at radius 3 is 2.54 bits per heavy atom. The van der Waals surface area contributed by atoms with E-state index in [9.17, 15) is 0 Å². The van der Waals surface area contributed by atoms with E-state index in [0.29, 0.717) is 23.4 Å². The van der Waals surface area contributed by atoms with Gasteiger partial charge in [-0.15, -0.1) is 0 Å². The van der Waals surface area contributed by atoms with Crippen molar-refractivity contribution >= 4 is 22.5 Å². The molecule has 0 unspecified atom stereocenters. The summed E-state index contributed by atoms with van der Waals surface area (Å²) in [7, 11) is 0. The van der Waals surface area contributed by atoms with Gasteiger partial charge in [0.15, 0.2) is 0 Å². The second kappa shape index (κ2) is 6.23. The minimum atomic E-state index is -1.31. The van der Waals surface area contributed by atoms with Crippen LogP contribution in [-0.4, -0.2) is 23.0 Å². The summed E-state index contributed by atoms with van der Waals surface area (Å²) in [5, 5.41) is 1.78. The molecule has 1 aromatic heterocycles. The number of aromatic amines is 1. The van der Waals surface area contributed by atoms with Gasteiger partial charge >= 0.3 is 0 Å². The molecule has 1 N–H and O–H groups in total. The van der Waals surface area contributed by atoms with Crippen molar-refractivity contribution in [2.45, 2.75) is 25.1 Å². The molecule has 2 aromatic carbocycles. The molecule has 0 amide bonds. The third-order valence-electron chi connectivity index (χ3n) is 5.07. The Bertz CT molecular complexity index is 849. The topological polar surface area (TPSA) is 19.0 Å². The molecule has 0 radical (unpaired) electrons. The van der Waals surface area contributed by atoms with Gasteiger partial charge in [-0.1, -0.05) is 48.0 Å². The predicted molar refractivity (Wildman–Crippen MR) is 97.0 cm³/mol. The van der Waals surface area contributed by atoms with Crippen molar-refractivity contribution in [3.05, 3.63) is 70.9 Å². The normalized spacial score (nSPS) is 18.1. The molecule has 0 saturated carbocycles. The molecule has 4 heteroatoms. The van der Waals surface area contributed by atoms with Crippen LogP contribution in [0.4, 0.5) is 4.39 Å². The lowest BCUT2D eigenvalue weighted by Crippen LogP contribution is -2.39. The molecule has 0 aliphatic carbocycles. The number of para-hydroxylation sites is 1. The van der Waals surface area contributed by atoms with Crippen molar-refractivity contribution in [2.24, 2.45) is 0 Å². The molecule has 1 aliphatic rings. The fourth-order valence-corrected chi connectivity index (χ4v) is 3.97. The third-order valence-corrected chi connectivity index (χ3v) is 5.40. The van der Waals surface area contributed by atoms with Crippen LogP contribution in [0.1, 0.15) is 24.0 Å². The Balaban J connectivity index is 1.47. The predicted octanol–water partition coefficient (Wildman–Crippen LogP) is 5.28. The Morgan fingerprint density at radius 1 is 1.04 bits per heavy atom. The number of likely N-dealkylation sites (tertiary alicyclic amines) is 1. The van der Waals surface area contributed by atoms with E-state index >= 15 is 4.39 Å². The lowest BCUT2D eigenvalue weighted by Gasteiger charge is -2.37. The summed E-state index contributed by atoms with van der Waals surface area (Å²) in [6.07, 6.45) is 3.04. The summed E-state index contributed by atoms with van der Waals surface area (Å²) in [4.78, 5) is 5.63. The van der Waals surface area contributed by atoms with E-state index in [1.807, 2.05) is 24.3 Å². The molecule has 0 bridgehead atoms. The third kappa shape index (κ3) is 2.83. The summed E-state index contributed by atoms with van der Waals surface area (Å²) >= 11 is 6.21. The van der Waals surface area contributed by atoms with Crippen molar-refractivity contribution in [3.63, 3.8) is 0 Å². The van der Waals surface area contributed by atoms with E-state index in [1.165, 1.54) is 10.9 Å². The maximum atomic E-state index is 15.4. The quantitative estimate of drug-likeness (QED) is 0.686. The molecule has 3 aromatic rings. The van der Waals surface area contributed by atoms with Crippen LogP contribution in [-0.2, 0) is 12.2 Å². The molecule has 2 nitrogen and oxygen atoms in total. The summed E-state index contributed by atoms with van der Waals surface area (Å²) in [5.41, 5.74) is 1.75. The highest BCUT2D eigenvalue weighted by Crippen LogP contribution is 2.40. The van der Waals surface area contributed by atoms with Crippen LogP contribution < -0.4 is 0 Å². The fraction of sp³-hybridized carbons (Fsp3) is 0.300. The molecule has 1 aliphatic heterocycles. The highest BCUT2D eigenvalue weighted by molar-refractivity contribution is 6.31. The van der Waals surface area contributed by atoms with Crippen LogP contribution >= 0.6 is 11.6 Å². The van der Waals surface area contributed by atoms with Crippen LogP contribution in [0.3, 0.4) is 0 Å². The van der Waals surface area contributed by atoms with E-state index < -0.39 is 5.67 Å². The van der Waals surface area contributed by atoms with E-state index in [0.717, 1.165) is 25.2 Å². The highest BCUT2D eigenvalue weighted by atomic mass is 35.5. The van der Waals surface area contributed by atoms with Crippen molar-refractivity contribution < 1.29 is 4.39 Å². The van der Waals surface area contributed by atoms with Gasteiger partial charge in [0.2, 0.25) is 0 Å². The zero-order valence-electron chi connectivity index (χ0n) is 13.4. The molecule has 124 valence electrons. The molecular formula is C20H20ClFN2. The highest BCUT2D eigenvalue weighted by Gasteiger charge is 2.37. The largest absolute Gasteiger partial charge is 0.361 e. The van der Waals surface area contributed by atoms with Crippen molar-refractivity contribution in [3.8, 4) is 0 Å². The lowest BCUT2D eigenvalue weighted by molar-refractivity contribution is 0.0528. The standard InChI is InChI=1S/C20H20ClFN2/c21-18-7-3-2-6-17(18)20(22)9-11-24(12-10-20)14-15-13-23-19-8-4-1-5-16(15)19/h1-8,13,23H,9-12,14H2. The number of fused-ring (bicyclic) bond motifs is 1. The second-order valence-electron chi connectivity index (χ2n) is 6.58. The average molecular weight is 343 g/mol. The van der Waals surface area contributed by atoms with Gasteiger partial charge in [0.25, 0.3) is 0 Å². The first-order valence-corrected chi connectivity index (χ1v) is 8.75. The number of alkyl halides is 1. The van der Waals surface area contributed by atoms with Crippen LogP contribution in [0.5, 0.6) is 0 Å². The first kappa shape index (κ1) is 15.7. The van der Waals surface area contributed by atoms with Gasteiger partial charge in [0.05, 0.1) is 0 Å². The Kier molecular flexibility index (Phi) is 4.07. The monoisotopic (exact) mass is 342 g/mol. The van der Waals surface area contributed by atoms with E-state index in [4.69, 9.17) is 11.6 Å². The smallest absolute Gasteiger partial charge is 0.139 e. The van der Waals surface area contributed by atoms with Crippen LogP contribution in [0, 0.1) is 0 Å². The first-order chi connectivity index (χ1) is 11.7. The SMILES string of the molecule is FC1(c2ccccc2Cl)CCN(Cc2c[nH]c3ccccc23)CC1. The van der Waals surface area contributed by atoms with Gasteiger partial charge < -0.3 is 4.98 Å². The van der Waals surface area contributed by atoms with Gasteiger partial charge in [0, 0.05) is 47.3 Å². The fourth-order valence-electron chi connectivity index (χ4n) is 3.66. The molecule has 2 heterocycles. The maximum absolute atomic E-state index is 15.4. The summed E-state index contributed by atoms with van der Waals surface area (Å²) in [6.45, 7) is 2.32. The Hall–Kier alpha value is -1.84. The van der Waals surface area contributed by atoms with E-state index in [1.54, 1.807) is 6.07 Å². The minimum Gasteiger partial charge on any atom is -0.361 e. The molecule has 1 saturated heterocycles. The summed E-state index contributed by atoms with van der Waals surface area (Å²) in [6, 6.07) is 15.6. The number of rotatable bonds is 3. The zero-order valence-corrected chi connectivity index (χ0v) is 14.2. The number of nitrogens with zero attached hydrogens (tertiary/aromatic N) is 1. The van der Waals surface area contributed by atoms with Crippen molar-refractivity contribution in [2.75, 3.05) is 13.1 Å². The number of H-pyrrole nitrogens is 1. The Morgan fingerprint density at radius 2 is 1.75 bits per heavy atom. The molecule has 1 fully saturated rings. The van der Waals surface area contributed by atoms with E-state index in [-0.39, 0.29) is 0 Å². The van der Waals surface area contributed by atoms with Crippen LogP contribution in [0.2, 0.25) is 5.02 Å². The first-order valence-electron chi connectivity index (χ1n) is 8.37. The minimum absolute atomic E-state index is 0.485. The van der Waals surface area contributed by atoms with Gasteiger partial charge in [0.1, 0.15) is 5.67 Å². The molecule has 0 spiro atoms. The number of benzene rings is 2. The van der Waals surface area contributed by atoms with Crippen molar-refractivity contribution in [1.82, 2.24) is 9.88 Å². The molecule has 0 atom stereocenters. The Labute approximate surface area is 146 Å². The number of aromatic nitrogens is 1. The molecular weight excluding hydrogens is 323 g/mol. The number of piperidine rings is 1. The van der Waals surface area contributed by atoms with Gasteiger partial charge in [-0.25, -0.2) is 4.39 Å². The number of nitrogens with one attached hydrogen (secondary N) is 1. The summed E-state index contributed by atoms with van der Waals surface area (Å²) < 4.78 is 15.4. The zero-order chi connectivity index (χ0) is 16.6. The second-order valence-corrected chi connectivity index (χ2v) is 6.99. The number of hydrogen-bond acceptors (Lipinski definition) is 1. The molecule has 24 heavy (non-hydrogen) atoms. The maximum Gasteiger partial charge on any atom is 0.139 e. The van der Waals surface area contributed by atoms with Gasteiger partial charge in [-0.05, 0) is 30.5 Å². The van der Waals surface area contributed by atoms with Crippen LogP contribution in [0.15, 0.2) is 54.7 Å². The number of halogens is 2. The lowest BCUT2D eigenvalue weighted by atomic mass is 9.86. The van der Waals surface area contributed by atoms with Crippen LogP contribution in [0.25, 0.3) is 10.9 Å². The van der Waals surface area contributed by atoms with Crippen molar-refractivity contribution in [1.29, 1.82) is 0 Å². The van der Waals surface area contributed by atoms with Gasteiger partial charge in [-0.3, -0.25) is 4.90 Å². The summed E-state index contributed by atoms with van der Waals surface area (Å²) in [5.74, 6) is 0.